The van der Waals surface area contributed by atoms with Gasteiger partial charge in [0.2, 0.25) is 0 Å². The summed E-state index contributed by atoms with van der Waals surface area (Å²) in [5.74, 6) is -0.0979. The molecule has 1 aromatic rings. The van der Waals surface area contributed by atoms with Crippen LogP contribution in [0.1, 0.15) is 22.5 Å². The molecule has 7 heteroatoms. The Morgan fingerprint density at radius 1 is 1.35 bits per heavy atom. The van der Waals surface area contributed by atoms with Gasteiger partial charge in [0.15, 0.2) is 5.84 Å². The average molecular weight is 277 g/mol. The van der Waals surface area contributed by atoms with Crippen molar-refractivity contribution in [1.82, 2.24) is 14.8 Å². The fourth-order valence-electron chi connectivity index (χ4n) is 2.14. The predicted molar refractivity (Wildman–Crippen MR) is 74.8 cm³/mol. The summed E-state index contributed by atoms with van der Waals surface area (Å²) in [6, 6.07) is 3.23. The third kappa shape index (κ3) is 3.24. The van der Waals surface area contributed by atoms with Crippen LogP contribution in [0, 0.1) is 0 Å². The van der Waals surface area contributed by atoms with Crippen molar-refractivity contribution in [1.29, 1.82) is 0 Å². The molecule has 0 atom stereocenters. The molecule has 2 heterocycles. The Balaban J connectivity index is 2.09. The lowest BCUT2D eigenvalue weighted by molar-refractivity contribution is 0.0757. The van der Waals surface area contributed by atoms with Crippen LogP contribution in [-0.2, 0) is 0 Å². The molecule has 1 aliphatic rings. The molecule has 108 valence electrons. The molecule has 0 radical (unpaired) electrons. The van der Waals surface area contributed by atoms with Crippen molar-refractivity contribution >= 4 is 11.7 Å². The molecule has 0 spiro atoms. The first kappa shape index (κ1) is 14.3. The van der Waals surface area contributed by atoms with Crippen LogP contribution >= 0.6 is 0 Å². The molecule has 1 fully saturated rings. The van der Waals surface area contributed by atoms with E-state index in [9.17, 15) is 4.79 Å². The van der Waals surface area contributed by atoms with Crippen LogP contribution in [0.25, 0.3) is 0 Å². The van der Waals surface area contributed by atoms with Gasteiger partial charge in [-0.1, -0.05) is 5.16 Å². The second-order valence-electron chi connectivity index (χ2n) is 4.87. The van der Waals surface area contributed by atoms with Crippen molar-refractivity contribution in [2.24, 2.45) is 10.9 Å². The largest absolute Gasteiger partial charge is 0.409 e. The molecule has 0 unspecified atom stereocenters. The lowest BCUT2D eigenvalue weighted by Crippen LogP contribution is -2.35. The van der Waals surface area contributed by atoms with Gasteiger partial charge in [0.1, 0.15) is 5.69 Å². The Labute approximate surface area is 117 Å². The van der Waals surface area contributed by atoms with Crippen LogP contribution in [0.2, 0.25) is 0 Å². The maximum absolute atomic E-state index is 12.3. The van der Waals surface area contributed by atoms with Gasteiger partial charge in [0.05, 0.1) is 0 Å². The summed E-state index contributed by atoms with van der Waals surface area (Å²) in [5.41, 5.74) is 6.32. The number of carbonyl (C=O) groups excluding carboxylic acids is 1. The first-order valence-electron chi connectivity index (χ1n) is 6.53. The monoisotopic (exact) mass is 277 g/mol. The number of nitrogens with zero attached hydrogens (tertiary/aromatic N) is 4. The number of rotatable bonds is 2. The van der Waals surface area contributed by atoms with Crippen molar-refractivity contribution in [3.63, 3.8) is 0 Å². The van der Waals surface area contributed by atoms with E-state index in [4.69, 9.17) is 10.9 Å². The van der Waals surface area contributed by atoms with Crippen LogP contribution in [-0.4, -0.2) is 65.0 Å². The average Bonchev–Trinajstić information content (AvgIpc) is 2.70. The number of amides is 1. The van der Waals surface area contributed by atoms with Gasteiger partial charge in [0, 0.05) is 31.4 Å². The molecule has 1 saturated heterocycles. The second-order valence-corrected chi connectivity index (χ2v) is 4.87. The second kappa shape index (κ2) is 6.33. The number of nitrogens with two attached hydrogens (primary N) is 1. The first-order chi connectivity index (χ1) is 9.61. The molecule has 1 aromatic heterocycles. The normalized spacial score (nSPS) is 17.9. The zero-order valence-corrected chi connectivity index (χ0v) is 11.5. The Kier molecular flexibility index (Phi) is 4.52. The van der Waals surface area contributed by atoms with Crippen LogP contribution in [0.15, 0.2) is 23.5 Å². The van der Waals surface area contributed by atoms with E-state index in [1.807, 2.05) is 4.90 Å². The quantitative estimate of drug-likeness (QED) is 0.342. The minimum absolute atomic E-state index is 0.0205. The van der Waals surface area contributed by atoms with Crippen LogP contribution < -0.4 is 5.73 Å². The van der Waals surface area contributed by atoms with E-state index in [1.165, 1.54) is 6.20 Å². The summed E-state index contributed by atoms with van der Waals surface area (Å²) >= 11 is 0. The number of oxime groups is 1. The SMILES string of the molecule is CN1CCCN(C(=O)c2ccc(C(N)=NO)cn2)CC1. The van der Waals surface area contributed by atoms with Gasteiger partial charge in [-0.2, -0.15) is 0 Å². The molecule has 0 saturated carbocycles. The molecule has 0 aromatic carbocycles. The van der Waals surface area contributed by atoms with Gasteiger partial charge in [-0.15, -0.1) is 0 Å². The molecule has 0 bridgehead atoms. The van der Waals surface area contributed by atoms with Crippen molar-refractivity contribution < 1.29 is 10.0 Å². The van der Waals surface area contributed by atoms with Crippen molar-refractivity contribution in [3.8, 4) is 0 Å². The number of aromatic nitrogens is 1. The molecule has 0 aliphatic carbocycles. The number of hydrogen-bond acceptors (Lipinski definition) is 5. The van der Waals surface area contributed by atoms with E-state index >= 15 is 0 Å². The molecule has 3 N–H and O–H groups in total. The highest BCUT2D eigenvalue weighted by atomic mass is 16.4. The number of likely N-dealkylation sites (N-methyl/N-ethyl adjacent to an activating group) is 1. The Bertz CT molecular complexity index is 500. The van der Waals surface area contributed by atoms with Crippen LogP contribution in [0.4, 0.5) is 0 Å². The maximum atomic E-state index is 12.3. The standard InChI is InChI=1S/C13H19N5O2/c1-17-5-2-6-18(8-7-17)13(19)11-4-3-10(9-15-11)12(14)16-20/h3-4,9,20H,2,5-8H2,1H3,(H2,14,16). The summed E-state index contributed by atoms with van der Waals surface area (Å²) in [6.07, 6.45) is 2.40. The van der Waals surface area contributed by atoms with Crippen molar-refractivity contribution in [2.45, 2.75) is 6.42 Å². The van der Waals surface area contributed by atoms with Gasteiger partial charge >= 0.3 is 0 Å². The van der Waals surface area contributed by atoms with E-state index in [1.54, 1.807) is 12.1 Å². The van der Waals surface area contributed by atoms with Crippen molar-refractivity contribution in [2.75, 3.05) is 33.2 Å². The minimum atomic E-state index is -0.0774. The zero-order chi connectivity index (χ0) is 14.5. The molecule has 20 heavy (non-hydrogen) atoms. The van der Waals surface area contributed by atoms with E-state index < -0.39 is 0 Å². The minimum Gasteiger partial charge on any atom is -0.409 e. The Morgan fingerprint density at radius 3 is 2.80 bits per heavy atom. The van der Waals surface area contributed by atoms with Crippen LogP contribution in [0.5, 0.6) is 0 Å². The summed E-state index contributed by atoms with van der Waals surface area (Å²) < 4.78 is 0. The maximum Gasteiger partial charge on any atom is 0.272 e. The number of hydrogen-bond donors (Lipinski definition) is 2. The number of amidine groups is 1. The van der Waals surface area contributed by atoms with Gasteiger partial charge in [0.25, 0.3) is 5.91 Å². The first-order valence-corrected chi connectivity index (χ1v) is 6.53. The topological polar surface area (TPSA) is 95.0 Å². The highest BCUT2D eigenvalue weighted by Crippen LogP contribution is 2.08. The fourth-order valence-corrected chi connectivity index (χ4v) is 2.14. The Hall–Kier alpha value is -2.15. The number of pyridine rings is 1. The molecule has 1 amide bonds. The van der Waals surface area contributed by atoms with Gasteiger partial charge < -0.3 is 20.7 Å². The molecule has 1 aliphatic heterocycles. The van der Waals surface area contributed by atoms with E-state index in [0.29, 0.717) is 17.8 Å². The van der Waals surface area contributed by atoms with Crippen LogP contribution in [0.3, 0.4) is 0 Å². The lowest BCUT2D eigenvalue weighted by atomic mass is 10.2. The van der Waals surface area contributed by atoms with E-state index in [0.717, 1.165) is 26.1 Å². The molecular weight excluding hydrogens is 258 g/mol. The van der Waals surface area contributed by atoms with Crippen molar-refractivity contribution in [3.05, 3.63) is 29.6 Å². The number of carbonyl (C=O) groups is 1. The molecule has 2 rings (SSSR count). The van der Waals surface area contributed by atoms with Gasteiger partial charge in [-0.05, 0) is 32.1 Å². The van der Waals surface area contributed by atoms with E-state index in [-0.39, 0.29) is 11.7 Å². The highest BCUT2D eigenvalue weighted by Gasteiger charge is 2.19. The third-order valence-electron chi connectivity index (χ3n) is 3.39. The molecular formula is C13H19N5O2. The summed E-state index contributed by atoms with van der Waals surface area (Å²) in [5, 5.41) is 11.5. The fraction of sp³-hybridized carbons (Fsp3) is 0.462. The van der Waals surface area contributed by atoms with Gasteiger partial charge in [-0.25, -0.2) is 0 Å². The van der Waals surface area contributed by atoms with E-state index in [2.05, 4.69) is 22.1 Å². The smallest absolute Gasteiger partial charge is 0.272 e. The third-order valence-corrected chi connectivity index (χ3v) is 3.39. The summed E-state index contributed by atoms with van der Waals surface area (Å²) in [6.45, 7) is 3.32. The lowest BCUT2D eigenvalue weighted by Gasteiger charge is -2.20. The zero-order valence-electron chi connectivity index (χ0n) is 11.5. The summed E-state index contributed by atoms with van der Waals surface area (Å²) in [7, 11) is 2.05. The van der Waals surface area contributed by atoms with Gasteiger partial charge in [-0.3, -0.25) is 9.78 Å². The predicted octanol–water partition coefficient (Wildman–Crippen LogP) is -0.0462. The summed E-state index contributed by atoms with van der Waals surface area (Å²) in [4.78, 5) is 20.5. The highest BCUT2D eigenvalue weighted by molar-refractivity contribution is 5.98. The Morgan fingerprint density at radius 2 is 2.15 bits per heavy atom. The molecule has 7 nitrogen and oxygen atoms in total.